The summed E-state index contributed by atoms with van der Waals surface area (Å²) in [5.41, 5.74) is 1.51. The fourth-order valence-corrected chi connectivity index (χ4v) is 5.14. The maximum absolute atomic E-state index is 13.9. The van der Waals surface area contributed by atoms with Crippen molar-refractivity contribution in [2.75, 3.05) is 21.0 Å². The Labute approximate surface area is 227 Å². The Kier molecular flexibility index (Phi) is 6.07. The molecule has 0 fully saturated rings. The van der Waals surface area contributed by atoms with Gasteiger partial charge in [0.15, 0.2) is 34.4 Å². The average Bonchev–Trinajstić information content (AvgIpc) is 3.65. The molecule has 9 nitrogen and oxygen atoms in total. The number of Topliss-reactive ketones (excluding diaryl/α,β-unsaturated/α-hetero) is 1. The summed E-state index contributed by atoms with van der Waals surface area (Å²) in [6, 6.07) is 16.1. The highest BCUT2D eigenvalue weighted by atomic mass is 35.5. The number of ketones is 1. The lowest BCUT2D eigenvalue weighted by molar-refractivity contribution is -0.130. The molecule has 3 aromatic carbocycles. The SMILES string of the molecule is COc1cccc(C2C(C(=O)c3cc4cc(Cl)cc(OC)c4o3)=C(O)C(=O)N2Cc2ccc3c(c2)OCO3)c1. The van der Waals surface area contributed by atoms with E-state index in [9.17, 15) is 14.7 Å². The third-order valence-electron chi connectivity index (χ3n) is 6.74. The normalized spacial score (nSPS) is 16.3. The number of ether oxygens (including phenoxy) is 4. The van der Waals surface area contributed by atoms with Crippen LogP contribution in [0.3, 0.4) is 0 Å². The van der Waals surface area contributed by atoms with Crippen LogP contribution in [0.15, 0.2) is 76.4 Å². The van der Waals surface area contributed by atoms with E-state index in [-0.39, 0.29) is 24.7 Å². The van der Waals surface area contributed by atoms with Gasteiger partial charge in [-0.3, -0.25) is 9.59 Å². The van der Waals surface area contributed by atoms with E-state index in [4.69, 9.17) is 35.0 Å². The molecule has 1 aromatic heterocycles. The molecule has 0 saturated carbocycles. The van der Waals surface area contributed by atoms with Crippen LogP contribution in [0.25, 0.3) is 11.0 Å². The summed E-state index contributed by atoms with van der Waals surface area (Å²) in [4.78, 5) is 28.8. The first-order valence-electron chi connectivity index (χ1n) is 12.0. The summed E-state index contributed by atoms with van der Waals surface area (Å²) in [6.07, 6.45) is 0. The largest absolute Gasteiger partial charge is 0.503 e. The fourth-order valence-electron chi connectivity index (χ4n) is 4.92. The minimum Gasteiger partial charge on any atom is -0.503 e. The van der Waals surface area contributed by atoms with Gasteiger partial charge in [-0.25, -0.2) is 0 Å². The molecule has 0 saturated heterocycles. The van der Waals surface area contributed by atoms with Crippen LogP contribution in [0.2, 0.25) is 5.02 Å². The fraction of sp³-hybridized carbons (Fsp3) is 0.172. The molecular formula is C29H22ClNO8. The van der Waals surface area contributed by atoms with Gasteiger partial charge in [-0.15, -0.1) is 0 Å². The van der Waals surface area contributed by atoms with Gasteiger partial charge in [-0.2, -0.15) is 0 Å². The molecule has 10 heteroatoms. The molecule has 4 aromatic rings. The number of furan rings is 1. The molecule has 6 rings (SSSR count). The van der Waals surface area contributed by atoms with Gasteiger partial charge in [0, 0.05) is 23.0 Å². The Hall–Kier alpha value is -4.63. The van der Waals surface area contributed by atoms with Crippen molar-refractivity contribution in [3.8, 4) is 23.0 Å². The van der Waals surface area contributed by atoms with Crippen molar-refractivity contribution in [2.45, 2.75) is 12.6 Å². The lowest BCUT2D eigenvalue weighted by Crippen LogP contribution is -2.30. The Morgan fingerprint density at radius 3 is 2.67 bits per heavy atom. The monoisotopic (exact) mass is 547 g/mol. The van der Waals surface area contributed by atoms with Crippen molar-refractivity contribution in [1.29, 1.82) is 0 Å². The molecule has 0 bridgehead atoms. The summed E-state index contributed by atoms with van der Waals surface area (Å²) in [5, 5.41) is 12.0. The first kappa shape index (κ1) is 24.7. The molecule has 0 aliphatic carbocycles. The van der Waals surface area contributed by atoms with Crippen LogP contribution in [0.1, 0.15) is 27.7 Å². The van der Waals surface area contributed by atoms with Gasteiger partial charge in [-0.05, 0) is 47.5 Å². The van der Waals surface area contributed by atoms with Crippen molar-refractivity contribution in [3.63, 3.8) is 0 Å². The lowest BCUT2D eigenvalue weighted by Gasteiger charge is -2.27. The minimum absolute atomic E-state index is 0.0715. The lowest BCUT2D eigenvalue weighted by atomic mass is 9.94. The second kappa shape index (κ2) is 9.59. The number of methoxy groups -OCH3 is 2. The van der Waals surface area contributed by atoms with E-state index in [1.54, 1.807) is 54.6 Å². The first-order valence-corrected chi connectivity index (χ1v) is 12.3. The molecular weight excluding hydrogens is 526 g/mol. The minimum atomic E-state index is -0.927. The van der Waals surface area contributed by atoms with E-state index in [2.05, 4.69) is 0 Å². The second-order valence-electron chi connectivity index (χ2n) is 9.03. The molecule has 2 aliphatic rings. The highest BCUT2D eigenvalue weighted by Crippen LogP contribution is 2.43. The van der Waals surface area contributed by atoms with E-state index in [1.165, 1.54) is 25.2 Å². The molecule has 3 heterocycles. The van der Waals surface area contributed by atoms with Crippen molar-refractivity contribution in [2.24, 2.45) is 0 Å². The number of nitrogens with zero attached hydrogens (tertiary/aromatic N) is 1. The third-order valence-corrected chi connectivity index (χ3v) is 6.96. The van der Waals surface area contributed by atoms with Gasteiger partial charge < -0.3 is 33.4 Å². The van der Waals surface area contributed by atoms with Gasteiger partial charge in [0.2, 0.25) is 12.6 Å². The number of benzene rings is 3. The number of hydrogen-bond acceptors (Lipinski definition) is 8. The molecule has 39 heavy (non-hydrogen) atoms. The molecule has 1 unspecified atom stereocenters. The molecule has 1 atom stereocenters. The van der Waals surface area contributed by atoms with Crippen molar-refractivity contribution >= 4 is 34.3 Å². The zero-order chi connectivity index (χ0) is 27.3. The number of aliphatic hydroxyl groups excluding tert-OH is 1. The first-order chi connectivity index (χ1) is 18.9. The molecule has 1 N–H and O–H groups in total. The zero-order valence-corrected chi connectivity index (χ0v) is 21.7. The number of halogens is 1. The van der Waals surface area contributed by atoms with Crippen LogP contribution in [0.5, 0.6) is 23.0 Å². The number of amides is 1. The van der Waals surface area contributed by atoms with Crippen LogP contribution in [-0.2, 0) is 11.3 Å². The molecule has 1 amide bonds. The van der Waals surface area contributed by atoms with E-state index >= 15 is 0 Å². The highest BCUT2D eigenvalue weighted by molar-refractivity contribution is 6.31. The number of fused-ring (bicyclic) bond motifs is 2. The molecule has 198 valence electrons. The van der Waals surface area contributed by atoms with E-state index in [0.29, 0.717) is 44.6 Å². The maximum atomic E-state index is 13.9. The van der Waals surface area contributed by atoms with Crippen LogP contribution < -0.4 is 18.9 Å². The van der Waals surface area contributed by atoms with Crippen LogP contribution in [-0.4, -0.2) is 42.7 Å². The number of hydrogen-bond donors (Lipinski definition) is 1. The number of carbonyl (C=O) groups excluding carboxylic acids is 2. The predicted molar refractivity (Wildman–Crippen MR) is 141 cm³/mol. The van der Waals surface area contributed by atoms with Gasteiger partial charge >= 0.3 is 0 Å². The predicted octanol–water partition coefficient (Wildman–Crippen LogP) is 5.61. The van der Waals surface area contributed by atoms with E-state index in [0.717, 1.165) is 5.56 Å². The second-order valence-corrected chi connectivity index (χ2v) is 9.46. The summed E-state index contributed by atoms with van der Waals surface area (Å²) in [6.45, 7) is 0.199. The van der Waals surface area contributed by atoms with Crippen LogP contribution in [0, 0.1) is 0 Å². The molecule has 2 aliphatic heterocycles. The highest BCUT2D eigenvalue weighted by Gasteiger charge is 2.45. The van der Waals surface area contributed by atoms with Crippen molar-refractivity contribution in [1.82, 2.24) is 4.90 Å². The topological polar surface area (TPSA) is 108 Å². The van der Waals surface area contributed by atoms with Gasteiger partial charge in [0.25, 0.3) is 5.91 Å². The van der Waals surface area contributed by atoms with Gasteiger partial charge in [0.05, 0.1) is 25.8 Å². The van der Waals surface area contributed by atoms with Crippen molar-refractivity contribution < 1.29 is 38.1 Å². The zero-order valence-electron chi connectivity index (χ0n) is 20.9. The third kappa shape index (κ3) is 4.21. The van der Waals surface area contributed by atoms with E-state index < -0.39 is 23.5 Å². The standard InChI is InChI=1S/C29H22ClNO8/c1-35-19-5-3-4-16(10-19)25-24(26(32)22-11-17-9-18(30)12-23(36-2)28(17)39-22)27(33)29(34)31(25)13-15-6-7-20-21(8-15)38-14-37-20/h3-12,25,33H,13-14H2,1-2H3. The van der Waals surface area contributed by atoms with Crippen LogP contribution >= 0.6 is 11.6 Å². The summed E-state index contributed by atoms with van der Waals surface area (Å²) in [5.74, 6) is -0.0163. The maximum Gasteiger partial charge on any atom is 0.290 e. The molecule has 0 spiro atoms. The van der Waals surface area contributed by atoms with Crippen molar-refractivity contribution in [3.05, 3.63) is 93.9 Å². The number of rotatable bonds is 7. The smallest absolute Gasteiger partial charge is 0.290 e. The summed E-state index contributed by atoms with van der Waals surface area (Å²) < 4.78 is 27.5. The summed E-state index contributed by atoms with van der Waals surface area (Å²) in [7, 11) is 2.99. The Morgan fingerprint density at radius 1 is 1.05 bits per heavy atom. The van der Waals surface area contributed by atoms with E-state index in [1.807, 2.05) is 0 Å². The van der Waals surface area contributed by atoms with Gasteiger partial charge in [0.1, 0.15) is 5.75 Å². The number of carbonyl (C=O) groups is 2. The quantitative estimate of drug-likeness (QED) is 0.297. The Morgan fingerprint density at radius 2 is 1.87 bits per heavy atom. The Balaban J connectivity index is 1.44. The average molecular weight is 548 g/mol. The summed E-state index contributed by atoms with van der Waals surface area (Å²) >= 11 is 6.19. The number of aliphatic hydroxyl groups is 1. The molecule has 0 radical (unpaired) electrons. The Bertz CT molecular complexity index is 1670. The van der Waals surface area contributed by atoms with Crippen LogP contribution in [0.4, 0.5) is 0 Å². The van der Waals surface area contributed by atoms with Gasteiger partial charge in [-0.1, -0.05) is 29.8 Å².